The van der Waals surface area contributed by atoms with E-state index in [1.807, 2.05) is 0 Å². The smallest absolute Gasteiger partial charge is 0.209 e. The van der Waals surface area contributed by atoms with Gasteiger partial charge in [0.1, 0.15) is 5.82 Å². The molecule has 0 radical (unpaired) electrons. The van der Waals surface area contributed by atoms with Gasteiger partial charge in [-0.25, -0.2) is 17.5 Å². The lowest BCUT2D eigenvalue weighted by Crippen LogP contribution is -2.21. The average molecular weight is 203 g/mol. The van der Waals surface area contributed by atoms with E-state index in [1.165, 1.54) is 18.2 Å². The van der Waals surface area contributed by atoms with Crippen molar-refractivity contribution in [3.05, 3.63) is 35.6 Å². The second-order valence-corrected chi connectivity index (χ2v) is 4.56. The Morgan fingerprint density at radius 1 is 1.46 bits per heavy atom. The second-order valence-electron chi connectivity index (χ2n) is 2.72. The van der Waals surface area contributed by atoms with E-state index in [2.05, 4.69) is 4.72 Å². The Balaban J connectivity index is 2.65. The first kappa shape index (κ1) is 10.1. The lowest BCUT2D eigenvalue weighted by molar-refractivity contribution is 0.586. The van der Waals surface area contributed by atoms with Gasteiger partial charge in [0.15, 0.2) is 0 Å². The number of hydrogen-bond donors (Lipinski definition) is 1. The van der Waals surface area contributed by atoms with E-state index in [1.54, 1.807) is 6.07 Å². The third-order valence-corrected chi connectivity index (χ3v) is 2.10. The molecular weight excluding hydrogens is 193 g/mol. The van der Waals surface area contributed by atoms with Gasteiger partial charge in [0, 0.05) is 6.54 Å². The Labute approximate surface area is 76.6 Å². The minimum Gasteiger partial charge on any atom is -0.213 e. The molecule has 0 aliphatic carbocycles. The van der Waals surface area contributed by atoms with Crippen LogP contribution < -0.4 is 4.72 Å². The van der Waals surface area contributed by atoms with Crippen molar-refractivity contribution in [3.8, 4) is 0 Å². The molecule has 3 nitrogen and oxygen atoms in total. The highest BCUT2D eigenvalue weighted by Gasteiger charge is 2.00. The molecule has 0 bridgehead atoms. The molecule has 0 amide bonds. The van der Waals surface area contributed by atoms with Crippen LogP contribution in [0.5, 0.6) is 0 Å². The van der Waals surface area contributed by atoms with Crippen LogP contribution >= 0.6 is 0 Å². The molecular formula is C8H10FNO2S. The Hall–Kier alpha value is -0.940. The van der Waals surface area contributed by atoms with Crippen molar-refractivity contribution in [3.63, 3.8) is 0 Å². The quantitative estimate of drug-likeness (QED) is 0.792. The molecule has 0 fully saturated rings. The third-order valence-electron chi connectivity index (χ3n) is 1.43. The Morgan fingerprint density at radius 2 is 2.15 bits per heavy atom. The van der Waals surface area contributed by atoms with E-state index in [0.29, 0.717) is 5.56 Å². The zero-order chi connectivity index (χ0) is 9.90. The van der Waals surface area contributed by atoms with E-state index >= 15 is 0 Å². The Bertz CT molecular complexity index is 389. The van der Waals surface area contributed by atoms with E-state index in [4.69, 9.17) is 0 Å². The van der Waals surface area contributed by atoms with Gasteiger partial charge >= 0.3 is 0 Å². The van der Waals surface area contributed by atoms with Crippen LogP contribution in [0.4, 0.5) is 4.39 Å². The lowest BCUT2D eigenvalue weighted by atomic mass is 10.2. The fourth-order valence-electron chi connectivity index (χ4n) is 0.861. The topological polar surface area (TPSA) is 46.2 Å². The van der Waals surface area contributed by atoms with Crippen LogP contribution in [0.2, 0.25) is 0 Å². The minimum absolute atomic E-state index is 0.122. The van der Waals surface area contributed by atoms with Crippen molar-refractivity contribution in [2.45, 2.75) is 6.54 Å². The molecule has 1 aromatic rings. The molecule has 0 unspecified atom stereocenters. The zero-order valence-electron chi connectivity index (χ0n) is 7.12. The van der Waals surface area contributed by atoms with Gasteiger partial charge in [-0.1, -0.05) is 12.1 Å². The molecule has 1 aromatic carbocycles. The van der Waals surface area contributed by atoms with Gasteiger partial charge in [-0.2, -0.15) is 0 Å². The van der Waals surface area contributed by atoms with Crippen LogP contribution in [-0.4, -0.2) is 14.7 Å². The van der Waals surface area contributed by atoms with E-state index < -0.39 is 10.0 Å². The molecule has 0 saturated carbocycles. The van der Waals surface area contributed by atoms with Crippen LogP contribution in [0, 0.1) is 5.82 Å². The standard InChI is InChI=1S/C8H10FNO2S/c1-13(11,12)10-6-7-3-2-4-8(9)5-7/h2-5,10H,6H2,1H3. The van der Waals surface area contributed by atoms with Crippen molar-refractivity contribution < 1.29 is 12.8 Å². The molecule has 1 rings (SSSR count). The molecule has 72 valence electrons. The van der Waals surface area contributed by atoms with Crippen molar-refractivity contribution in [1.29, 1.82) is 0 Å². The van der Waals surface area contributed by atoms with Crippen molar-refractivity contribution in [1.82, 2.24) is 4.72 Å². The fraction of sp³-hybridized carbons (Fsp3) is 0.250. The summed E-state index contributed by atoms with van der Waals surface area (Å²) in [5.41, 5.74) is 0.602. The normalized spacial score (nSPS) is 11.5. The summed E-state index contributed by atoms with van der Waals surface area (Å²) in [6.07, 6.45) is 1.06. The van der Waals surface area contributed by atoms with E-state index in [-0.39, 0.29) is 12.4 Å². The SMILES string of the molecule is CS(=O)(=O)NCc1cccc(F)c1. The number of hydrogen-bond acceptors (Lipinski definition) is 2. The molecule has 0 saturated heterocycles. The van der Waals surface area contributed by atoms with Gasteiger partial charge in [-0.3, -0.25) is 0 Å². The molecule has 1 N–H and O–H groups in total. The second kappa shape index (κ2) is 3.85. The van der Waals surface area contributed by atoms with Gasteiger partial charge in [0.25, 0.3) is 0 Å². The van der Waals surface area contributed by atoms with Crippen LogP contribution in [0.1, 0.15) is 5.56 Å². The first-order chi connectivity index (χ1) is 5.97. The molecule has 0 atom stereocenters. The summed E-state index contributed by atoms with van der Waals surface area (Å²) in [6, 6.07) is 5.79. The molecule has 0 aromatic heterocycles. The van der Waals surface area contributed by atoms with Gasteiger partial charge in [-0.05, 0) is 17.7 Å². The number of benzene rings is 1. The van der Waals surface area contributed by atoms with Crippen molar-refractivity contribution >= 4 is 10.0 Å². The number of sulfonamides is 1. The maximum absolute atomic E-state index is 12.6. The lowest BCUT2D eigenvalue weighted by Gasteiger charge is -2.01. The van der Waals surface area contributed by atoms with E-state index in [9.17, 15) is 12.8 Å². The Kier molecular flexibility index (Phi) is 3.00. The van der Waals surface area contributed by atoms with Crippen LogP contribution in [0.3, 0.4) is 0 Å². The summed E-state index contributed by atoms with van der Waals surface area (Å²) in [7, 11) is -3.21. The largest absolute Gasteiger partial charge is 0.213 e. The van der Waals surface area contributed by atoms with Crippen LogP contribution in [-0.2, 0) is 16.6 Å². The van der Waals surface area contributed by atoms with E-state index in [0.717, 1.165) is 6.26 Å². The van der Waals surface area contributed by atoms with Crippen molar-refractivity contribution in [2.75, 3.05) is 6.26 Å². The monoisotopic (exact) mass is 203 g/mol. The fourth-order valence-corrected chi connectivity index (χ4v) is 1.29. The van der Waals surface area contributed by atoms with Crippen molar-refractivity contribution in [2.24, 2.45) is 0 Å². The number of halogens is 1. The van der Waals surface area contributed by atoms with Crippen LogP contribution in [0.15, 0.2) is 24.3 Å². The highest BCUT2D eigenvalue weighted by molar-refractivity contribution is 7.88. The van der Waals surface area contributed by atoms with Gasteiger partial charge in [0.2, 0.25) is 10.0 Å². The summed E-state index contributed by atoms with van der Waals surface area (Å²) in [5, 5.41) is 0. The van der Waals surface area contributed by atoms with Gasteiger partial charge < -0.3 is 0 Å². The molecule has 0 heterocycles. The Morgan fingerprint density at radius 3 is 2.69 bits per heavy atom. The maximum Gasteiger partial charge on any atom is 0.209 e. The van der Waals surface area contributed by atoms with Crippen LogP contribution in [0.25, 0.3) is 0 Å². The number of rotatable bonds is 3. The summed E-state index contributed by atoms with van der Waals surface area (Å²) in [5.74, 6) is -0.368. The summed E-state index contributed by atoms with van der Waals surface area (Å²) in [4.78, 5) is 0. The molecule has 0 aliphatic heterocycles. The first-order valence-electron chi connectivity index (χ1n) is 3.66. The summed E-state index contributed by atoms with van der Waals surface area (Å²) < 4.78 is 36.3. The third kappa shape index (κ3) is 4.00. The maximum atomic E-state index is 12.6. The molecule has 5 heteroatoms. The highest BCUT2D eigenvalue weighted by Crippen LogP contribution is 2.02. The van der Waals surface area contributed by atoms with Gasteiger partial charge in [0.05, 0.1) is 6.26 Å². The predicted molar refractivity (Wildman–Crippen MR) is 48.1 cm³/mol. The molecule has 0 spiro atoms. The molecule has 13 heavy (non-hydrogen) atoms. The summed E-state index contributed by atoms with van der Waals surface area (Å²) in [6.45, 7) is 0.122. The number of nitrogens with one attached hydrogen (secondary N) is 1. The average Bonchev–Trinajstić information content (AvgIpc) is 2.00. The highest BCUT2D eigenvalue weighted by atomic mass is 32.2. The predicted octanol–water partition coefficient (Wildman–Crippen LogP) is 0.875. The zero-order valence-corrected chi connectivity index (χ0v) is 7.94. The molecule has 0 aliphatic rings. The summed E-state index contributed by atoms with van der Waals surface area (Å²) >= 11 is 0. The first-order valence-corrected chi connectivity index (χ1v) is 5.55. The van der Waals surface area contributed by atoms with Gasteiger partial charge in [-0.15, -0.1) is 0 Å². The minimum atomic E-state index is -3.21.